The van der Waals surface area contributed by atoms with Gasteiger partial charge in [-0.1, -0.05) is 0 Å². The molecule has 0 aliphatic rings. The van der Waals surface area contributed by atoms with Crippen molar-refractivity contribution >= 4 is 34.4 Å². The van der Waals surface area contributed by atoms with E-state index in [1.165, 1.54) is 0 Å². The molecule has 5 heteroatoms. The van der Waals surface area contributed by atoms with Crippen LogP contribution in [0.25, 0.3) is 0 Å². The maximum Gasteiger partial charge on any atom is 0.323 e. The lowest BCUT2D eigenvalue weighted by Crippen LogP contribution is -2.25. The van der Waals surface area contributed by atoms with Crippen LogP contribution >= 0.6 is 22.6 Å². The minimum absolute atomic E-state index is 0.0341. The number of anilines is 1. The van der Waals surface area contributed by atoms with Crippen molar-refractivity contribution < 1.29 is 9.90 Å². The van der Waals surface area contributed by atoms with Crippen molar-refractivity contribution in [1.29, 1.82) is 0 Å². The Morgan fingerprint density at radius 1 is 1.69 bits per heavy atom. The zero-order valence-electron chi connectivity index (χ0n) is 7.07. The van der Waals surface area contributed by atoms with Gasteiger partial charge in [-0.05, 0) is 34.7 Å². The van der Waals surface area contributed by atoms with Gasteiger partial charge in [-0.15, -0.1) is 0 Å². The van der Waals surface area contributed by atoms with Gasteiger partial charge in [-0.2, -0.15) is 0 Å². The van der Waals surface area contributed by atoms with E-state index in [0.29, 0.717) is 5.82 Å². The quantitative estimate of drug-likeness (QED) is 0.851. The summed E-state index contributed by atoms with van der Waals surface area (Å²) in [6.45, 7) is -0.0341. The lowest BCUT2D eigenvalue weighted by atomic mass is 10.4. The van der Waals surface area contributed by atoms with E-state index in [2.05, 4.69) is 27.6 Å². The van der Waals surface area contributed by atoms with Crippen LogP contribution in [-0.4, -0.2) is 29.7 Å². The Hall–Kier alpha value is -0.850. The lowest BCUT2D eigenvalue weighted by Gasteiger charge is -2.14. The molecule has 70 valence electrons. The number of hydrogen-bond donors (Lipinski definition) is 1. The normalized spacial score (nSPS) is 9.69. The molecule has 1 rings (SSSR count). The van der Waals surface area contributed by atoms with Crippen molar-refractivity contribution in [3.8, 4) is 0 Å². The second-order valence-electron chi connectivity index (χ2n) is 2.58. The van der Waals surface area contributed by atoms with Crippen LogP contribution in [0.5, 0.6) is 0 Å². The van der Waals surface area contributed by atoms with Gasteiger partial charge in [-0.3, -0.25) is 4.79 Å². The third-order valence-electron chi connectivity index (χ3n) is 1.48. The molecule has 13 heavy (non-hydrogen) atoms. The highest BCUT2D eigenvalue weighted by atomic mass is 127. The number of carboxylic acids is 1. The smallest absolute Gasteiger partial charge is 0.323 e. The summed E-state index contributed by atoms with van der Waals surface area (Å²) in [6.07, 6.45) is 1.70. The summed E-state index contributed by atoms with van der Waals surface area (Å²) in [4.78, 5) is 16.0. The molecular formula is C8H9IN2O2. The second-order valence-corrected chi connectivity index (χ2v) is 3.83. The predicted molar refractivity (Wildman–Crippen MR) is 57.9 cm³/mol. The molecule has 0 atom stereocenters. The maximum atomic E-state index is 10.4. The highest BCUT2D eigenvalue weighted by Gasteiger charge is 2.05. The number of likely N-dealkylation sites (N-methyl/N-ethyl adjacent to an activating group) is 1. The van der Waals surface area contributed by atoms with Crippen molar-refractivity contribution in [2.45, 2.75) is 0 Å². The maximum absolute atomic E-state index is 10.4. The molecule has 0 spiro atoms. The Morgan fingerprint density at radius 3 is 2.85 bits per heavy atom. The predicted octanol–water partition coefficient (Wildman–Crippen LogP) is 1.21. The number of carbonyl (C=O) groups is 1. The molecule has 4 nitrogen and oxygen atoms in total. The van der Waals surface area contributed by atoms with E-state index in [9.17, 15) is 4.79 Å². The molecule has 0 aromatic carbocycles. The van der Waals surface area contributed by atoms with Gasteiger partial charge in [0.25, 0.3) is 0 Å². The van der Waals surface area contributed by atoms with E-state index in [-0.39, 0.29) is 6.54 Å². The number of rotatable bonds is 3. The highest BCUT2D eigenvalue weighted by molar-refractivity contribution is 14.1. The molecule has 0 saturated heterocycles. The van der Waals surface area contributed by atoms with E-state index >= 15 is 0 Å². The zero-order chi connectivity index (χ0) is 9.84. The Bertz CT molecular complexity index is 300. The summed E-state index contributed by atoms with van der Waals surface area (Å²) in [5.41, 5.74) is 0. The van der Waals surface area contributed by atoms with Gasteiger partial charge in [-0.25, -0.2) is 4.98 Å². The third-order valence-corrected chi connectivity index (χ3v) is 2.11. The molecule has 1 N–H and O–H groups in total. The molecule has 0 unspecified atom stereocenters. The van der Waals surface area contributed by atoms with Gasteiger partial charge in [0.2, 0.25) is 0 Å². The largest absolute Gasteiger partial charge is 0.480 e. The second kappa shape index (κ2) is 4.40. The molecule has 0 saturated carbocycles. The van der Waals surface area contributed by atoms with Crippen molar-refractivity contribution in [1.82, 2.24) is 4.98 Å². The average molecular weight is 292 g/mol. The Kier molecular flexibility index (Phi) is 3.47. The molecule has 0 aliphatic carbocycles. The van der Waals surface area contributed by atoms with E-state index in [4.69, 9.17) is 5.11 Å². The van der Waals surface area contributed by atoms with Crippen molar-refractivity contribution in [2.24, 2.45) is 0 Å². The minimum atomic E-state index is -0.858. The SMILES string of the molecule is CN(CC(=O)O)c1ccc(I)cn1. The monoisotopic (exact) mass is 292 g/mol. The van der Waals surface area contributed by atoms with E-state index < -0.39 is 5.97 Å². The fourth-order valence-electron chi connectivity index (χ4n) is 0.878. The summed E-state index contributed by atoms with van der Waals surface area (Å²) in [6, 6.07) is 3.69. The first kappa shape index (κ1) is 10.2. The topological polar surface area (TPSA) is 53.4 Å². The zero-order valence-corrected chi connectivity index (χ0v) is 9.22. The Balaban J connectivity index is 2.71. The van der Waals surface area contributed by atoms with Crippen LogP contribution < -0.4 is 4.90 Å². The van der Waals surface area contributed by atoms with Crippen LogP contribution in [0.15, 0.2) is 18.3 Å². The standard InChI is InChI=1S/C8H9IN2O2/c1-11(5-8(12)13)7-3-2-6(9)4-10-7/h2-4H,5H2,1H3,(H,12,13). The van der Waals surface area contributed by atoms with Crippen LogP contribution in [0.3, 0.4) is 0 Å². The first-order chi connectivity index (χ1) is 6.09. The molecule has 0 bridgehead atoms. The van der Waals surface area contributed by atoms with Gasteiger partial charge in [0.15, 0.2) is 0 Å². The summed E-state index contributed by atoms with van der Waals surface area (Å²) in [5.74, 6) is -0.189. The Labute approximate surface area is 89.7 Å². The fraction of sp³-hybridized carbons (Fsp3) is 0.250. The molecule has 1 aromatic rings. The molecule has 0 fully saturated rings. The van der Waals surface area contributed by atoms with Crippen LogP contribution in [-0.2, 0) is 4.79 Å². The molecule has 1 aromatic heterocycles. The van der Waals surface area contributed by atoms with Gasteiger partial charge < -0.3 is 10.0 Å². The first-order valence-corrected chi connectivity index (χ1v) is 4.72. The summed E-state index contributed by atoms with van der Waals surface area (Å²) >= 11 is 2.15. The fourth-order valence-corrected chi connectivity index (χ4v) is 1.20. The molecule has 0 aliphatic heterocycles. The molecule has 1 heterocycles. The van der Waals surface area contributed by atoms with Gasteiger partial charge in [0, 0.05) is 16.8 Å². The summed E-state index contributed by atoms with van der Waals surface area (Å²) in [7, 11) is 1.70. The summed E-state index contributed by atoms with van der Waals surface area (Å²) < 4.78 is 1.03. The molecule has 0 radical (unpaired) electrons. The van der Waals surface area contributed by atoms with Crippen LogP contribution in [0.4, 0.5) is 5.82 Å². The molecule has 0 amide bonds. The number of hydrogen-bond acceptors (Lipinski definition) is 3. The average Bonchev–Trinajstić information content (AvgIpc) is 2.04. The first-order valence-electron chi connectivity index (χ1n) is 3.64. The van der Waals surface area contributed by atoms with Gasteiger partial charge >= 0.3 is 5.97 Å². The number of halogens is 1. The van der Waals surface area contributed by atoms with Crippen molar-refractivity contribution in [2.75, 3.05) is 18.5 Å². The lowest BCUT2D eigenvalue weighted by molar-refractivity contribution is -0.135. The minimum Gasteiger partial charge on any atom is -0.480 e. The van der Waals surface area contributed by atoms with Gasteiger partial charge in [0.05, 0.1) is 0 Å². The van der Waals surface area contributed by atoms with E-state index in [1.807, 2.05) is 6.07 Å². The molecular weight excluding hydrogens is 283 g/mol. The number of nitrogens with zero attached hydrogens (tertiary/aromatic N) is 2. The number of aliphatic carboxylic acids is 1. The number of pyridine rings is 1. The van der Waals surface area contributed by atoms with E-state index in [0.717, 1.165) is 3.57 Å². The summed E-state index contributed by atoms with van der Waals surface area (Å²) in [5, 5.41) is 8.53. The van der Waals surface area contributed by atoms with Crippen LogP contribution in [0, 0.1) is 3.57 Å². The van der Waals surface area contributed by atoms with Crippen molar-refractivity contribution in [3.05, 3.63) is 21.9 Å². The Morgan fingerprint density at radius 2 is 2.38 bits per heavy atom. The van der Waals surface area contributed by atoms with E-state index in [1.54, 1.807) is 24.2 Å². The highest BCUT2D eigenvalue weighted by Crippen LogP contribution is 2.10. The van der Waals surface area contributed by atoms with Crippen molar-refractivity contribution in [3.63, 3.8) is 0 Å². The number of carboxylic acid groups (broad SMARTS) is 1. The third kappa shape index (κ3) is 3.17. The van der Waals surface area contributed by atoms with Crippen LogP contribution in [0.1, 0.15) is 0 Å². The van der Waals surface area contributed by atoms with Crippen LogP contribution in [0.2, 0.25) is 0 Å². The number of aromatic nitrogens is 1. The van der Waals surface area contributed by atoms with Gasteiger partial charge in [0.1, 0.15) is 12.4 Å².